The van der Waals surface area contributed by atoms with E-state index in [0.29, 0.717) is 0 Å². The molecule has 0 atom stereocenters. The van der Waals surface area contributed by atoms with Gasteiger partial charge in [0.2, 0.25) is 5.91 Å². The predicted molar refractivity (Wildman–Crippen MR) is 55.1 cm³/mol. The maximum absolute atomic E-state index is 11.4. The number of ketones is 1. The molecule has 82 valence electrons. The molecule has 0 bridgehead atoms. The van der Waals surface area contributed by atoms with Crippen molar-refractivity contribution in [1.82, 2.24) is 0 Å². The molecule has 1 fully saturated rings. The maximum atomic E-state index is 11.4. The van der Waals surface area contributed by atoms with Crippen molar-refractivity contribution in [3.8, 4) is 0 Å². The Balaban J connectivity index is 2.44. The number of hydrogen-bond donors (Lipinski definition) is 0. The first-order chi connectivity index (χ1) is 7.59. The third kappa shape index (κ3) is 1.65. The van der Waals surface area contributed by atoms with Crippen LogP contribution in [-0.2, 0) is 9.59 Å². The number of amides is 1. The molecule has 1 aliphatic rings. The second kappa shape index (κ2) is 3.73. The standard InChI is InChI=1S/C10H8N2O4/c13-7-5-10(14)11(6-7)8-3-1-2-4-9(8)12(15)16/h1-4H,5-6H2. The third-order valence-corrected chi connectivity index (χ3v) is 2.35. The Morgan fingerprint density at radius 1 is 1.25 bits per heavy atom. The smallest absolute Gasteiger partial charge is 0.292 e. The summed E-state index contributed by atoms with van der Waals surface area (Å²) >= 11 is 0. The number of hydrogen-bond acceptors (Lipinski definition) is 4. The Kier molecular flexibility index (Phi) is 2.40. The fourth-order valence-corrected chi connectivity index (χ4v) is 1.65. The van der Waals surface area contributed by atoms with E-state index in [1.807, 2.05) is 0 Å². The van der Waals surface area contributed by atoms with Gasteiger partial charge >= 0.3 is 0 Å². The third-order valence-electron chi connectivity index (χ3n) is 2.35. The van der Waals surface area contributed by atoms with Gasteiger partial charge in [-0.15, -0.1) is 0 Å². The van der Waals surface area contributed by atoms with Crippen molar-refractivity contribution in [2.45, 2.75) is 6.42 Å². The minimum atomic E-state index is -0.564. The Bertz CT molecular complexity index is 483. The number of para-hydroxylation sites is 2. The SMILES string of the molecule is O=C1CC(=O)N(c2ccccc2[N+](=O)[O-])C1. The number of carbonyl (C=O) groups excluding carboxylic acids is 2. The quantitative estimate of drug-likeness (QED) is 0.421. The van der Waals surface area contributed by atoms with Gasteiger partial charge in [-0.2, -0.15) is 0 Å². The number of benzene rings is 1. The minimum absolute atomic E-state index is 0.0797. The van der Waals surface area contributed by atoms with E-state index in [1.54, 1.807) is 6.07 Å². The number of nitro groups is 1. The second-order valence-corrected chi connectivity index (χ2v) is 3.44. The number of rotatable bonds is 2. The molecule has 6 nitrogen and oxygen atoms in total. The molecule has 16 heavy (non-hydrogen) atoms. The van der Waals surface area contributed by atoms with Crippen molar-refractivity contribution >= 4 is 23.1 Å². The largest absolute Gasteiger partial charge is 0.299 e. The maximum Gasteiger partial charge on any atom is 0.292 e. The normalized spacial score (nSPS) is 15.6. The second-order valence-electron chi connectivity index (χ2n) is 3.44. The Morgan fingerprint density at radius 2 is 1.94 bits per heavy atom. The summed E-state index contributed by atoms with van der Waals surface area (Å²) in [4.78, 5) is 33.9. The van der Waals surface area contributed by atoms with Gasteiger partial charge in [-0.1, -0.05) is 12.1 Å². The number of nitro benzene ring substituents is 1. The first-order valence-corrected chi connectivity index (χ1v) is 4.65. The first kappa shape index (κ1) is 10.3. The molecule has 1 aliphatic heterocycles. The van der Waals surface area contributed by atoms with Crippen molar-refractivity contribution < 1.29 is 14.5 Å². The molecule has 0 saturated carbocycles. The van der Waals surface area contributed by atoms with Crippen LogP contribution < -0.4 is 4.90 Å². The number of carbonyl (C=O) groups is 2. The Labute approximate surface area is 90.6 Å². The van der Waals surface area contributed by atoms with E-state index >= 15 is 0 Å². The fraction of sp³-hybridized carbons (Fsp3) is 0.200. The van der Waals surface area contributed by atoms with Crippen LogP contribution in [0, 0.1) is 10.1 Å². The van der Waals surface area contributed by atoms with Gasteiger partial charge in [0.25, 0.3) is 5.69 Å². The van der Waals surface area contributed by atoms with E-state index in [0.717, 1.165) is 4.90 Å². The van der Waals surface area contributed by atoms with Gasteiger partial charge < -0.3 is 0 Å². The molecule has 0 unspecified atom stereocenters. The molecule has 2 rings (SSSR count). The van der Waals surface area contributed by atoms with Crippen LogP contribution in [0.3, 0.4) is 0 Å². The van der Waals surface area contributed by atoms with Gasteiger partial charge in [0.15, 0.2) is 5.78 Å². The highest BCUT2D eigenvalue weighted by Gasteiger charge is 2.32. The molecule has 0 spiro atoms. The van der Waals surface area contributed by atoms with Crippen molar-refractivity contribution in [2.75, 3.05) is 11.4 Å². The van der Waals surface area contributed by atoms with Crippen LogP contribution in [0.1, 0.15) is 6.42 Å². The zero-order valence-electron chi connectivity index (χ0n) is 8.25. The fourth-order valence-electron chi connectivity index (χ4n) is 1.65. The first-order valence-electron chi connectivity index (χ1n) is 4.65. The summed E-state index contributed by atoms with van der Waals surface area (Å²) < 4.78 is 0. The number of nitrogens with zero attached hydrogens (tertiary/aromatic N) is 2. The van der Waals surface area contributed by atoms with Crippen LogP contribution in [0.2, 0.25) is 0 Å². The van der Waals surface area contributed by atoms with Crippen LogP contribution >= 0.6 is 0 Å². The lowest BCUT2D eigenvalue weighted by molar-refractivity contribution is -0.384. The van der Waals surface area contributed by atoms with Crippen LogP contribution in [0.25, 0.3) is 0 Å². The summed E-state index contributed by atoms with van der Waals surface area (Å²) in [7, 11) is 0. The lowest BCUT2D eigenvalue weighted by atomic mass is 10.2. The molecule has 0 aromatic heterocycles. The summed E-state index contributed by atoms with van der Waals surface area (Å²) in [6.07, 6.45) is -0.175. The average molecular weight is 220 g/mol. The Hall–Kier alpha value is -2.24. The minimum Gasteiger partial charge on any atom is -0.299 e. The monoisotopic (exact) mass is 220 g/mol. The molecule has 0 aliphatic carbocycles. The van der Waals surface area contributed by atoms with Crippen LogP contribution in [0.4, 0.5) is 11.4 Å². The molecule has 1 heterocycles. The summed E-state index contributed by atoms with van der Waals surface area (Å²) in [6, 6.07) is 5.89. The van der Waals surface area contributed by atoms with Gasteiger partial charge in [-0.3, -0.25) is 24.6 Å². The lowest BCUT2D eigenvalue weighted by Crippen LogP contribution is -2.25. The van der Waals surface area contributed by atoms with Crippen LogP contribution in [0.15, 0.2) is 24.3 Å². The number of anilines is 1. The van der Waals surface area contributed by atoms with Gasteiger partial charge in [-0.25, -0.2) is 0 Å². The average Bonchev–Trinajstić information content (AvgIpc) is 2.57. The predicted octanol–water partition coefficient (Wildman–Crippen LogP) is 0.901. The van der Waals surface area contributed by atoms with E-state index in [1.165, 1.54) is 18.2 Å². The molecule has 1 aromatic carbocycles. The van der Waals surface area contributed by atoms with E-state index in [9.17, 15) is 19.7 Å². The molecular weight excluding hydrogens is 212 g/mol. The molecule has 1 saturated heterocycles. The highest BCUT2D eigenvalue weighted by atomic mass is 16.6. The molecule has 0 N–H and O–H groups in total. The highest BCUT2D eigenvalue weighted by Crippen LogP contribution is 2.29. The molecular formula is C10H8N2O4. The van der Waals surface area contributed by atoms with Gasteiger partial charge in [-0.05, 0) is 6.07 Å². The number of Topliss-reactive ketones (excluding diaryl/α,β-unsaturated/α-hetero) is 1. The van der Waals surface area contributed by atoms with Crippen molar-refractivity contribution in [1.29, 1.82) is 0 Å². The van der Waals surface area contributed by atoms with Gasteiger partial charge in [0, 0.05) is 6.07 Å². The van der Waals surface area contributed by atoms with Crippen LogP contribution in [0.5, 0.6) is 0 Å². The highest BCUT2D eigenvalue weighted by molar-refractivity contribution is 6.15. The van der Waals surface area contributed by atoms with E-state index in [4.69, 9.17) is 0 Å². The lowest BCUT2D eigenvalue weighted by Gasteiger charge is -2.14. The molecule has 1 aromatic rings. The summed E-state index contributed by atoms with van der Waals surface area (Å²) in [6.45, 7) is -0.0797. The van der Waals surface area contributed by atoms with E-state index < -0.39 is 4.92 Å². The van der Waals surface area contributed by atoms with E-state index in [2.05, 4.69) is 0 Å². The molecule has 1 amide bonds. The summed E-state index contributed by atoms with van der Waals surface area (Å²) in [5.41, 5.74) is 0.0221. The topological polar surface area (TPSA) is 80.5 Å². The van der Waals surface area contributed by atoms with Gasteiger partial charge in [0.05, 0.1) is 17.9 Å². The summed E-state index contributed by atoms with van der Waals surface area (Å²) in [5.74, 6) is -0.609. The zero-order valence-corrected chi connectivity index (χ0v) is 8.25. The van der Waals surface area contributed by atoms with E-state index in [-0.39, 0.29) is 36.0 Å². The molecule has 6 heteroatoms. The Morgan fingerprint density at radius 3 is 2.50 bits per heavy atom. The van der Waals surface area contributed by atoms with Crippen LogP contribution in [-0.4, -0.2) is 23.2 Å². The zero-order chi connectivity index (χ0) is 11.7. The van der Waals surface area contributed by atoms with Crippen molar-refractivity contribution in [3.05, 3.63) is 34.4 Å². The van der Waals surface area contributed by atoms with Crippen molar-refractivity contribution in [2.24, 2.45) is 0 Å². The van der Waals surface area contributed by atoms with Gasteiger partial charge in [0.1, 0.15) is 5.69 Å². The molecule has 0 radical (unpaired) electrons. The summed E-state index contributed by atoms with van der Waals surface area (Å²) in [5, 5.41) is 10.7. The van der Waals surface area contributed by atoms with Crippen molar-refractivity contribution in [3.63, 3.8) is 0 Å².